The second-order valence-corrected chi connectivity index (χ2v) is 7.44. The van der Waals surface area contributed by atoms with Crippen LogP contribution in [0.5, 0.6) is 5.75 Å². The molecule has 2 fully saturated rings. The molecule has 6 heteroatoms. The highest BCUT2D eigenvalue weighted by Gasteiger charge is 2.25. The number of hydrogen-bond acceptors (Lipinski definition) is 5. The Morgan fingerprint density at radius 2 is 1.85 bits per heavy atom. The van der Waals surface area contributed by atoms with Gasteiger partial charge >= 0.3 is 5.97 Å². The topological polar surface area (TPSA) is 59.1 Å². The van der Waals surface area contributed by atoms with E-state index >= 15 is 0 Å². The number of methoxy groups -OCH3 is 1. The van der Waals surface area contributed by atoms with Crippen molar-refractivity contribution in [2.75, 3.05) is 46.4 Å². The average Bonchev–Trinajstić information content (AvgIpc) is 3.21. The number of carbonyl (C=O) groups is 2. The molecule has 27 heavy (non-hydrogen) atoms. The number of rotatable bonds is 7. The summed E-state index contributed by atoms with van der Waals surface area (Å²) in [5.74, 6) is 1.25. The van der Waals surface area contributed by atoms with Crippen LogP contribution in [-0.2, 0) is 9.53 Å². The van der Waals surface area contributed by atoms with E-state index in [2.05, 4.69) is 4.90 Å². The minimum atomic E-state index is -0.362. The monoisotopic (exact) mass is 374 g/mol. The second kappa shape index (κ2) is 9.74. The van der Waals surface area contributed by atoms with Crippen LogP contribution in [0.15, 0.2) is 24.3 Å². The molecule has 1 saturated carbocycles. The highest BCUT2D eigenvalue weighted by Crippen LogP contribution is 2.28. The first-order chi connectivity index (χ1) is 13.2. The summed E-state index contributed by atoms with van der Waals surface area (Å²) < 4.78 is 10.5. The lowest BCUT2D eigenvalue weighted by atomic mass is 10.0. The quantitative estimate of drug-likeness (QED) is 0.687. The van der Waals surface area contributed by atoms with E-state index in [-0.39, 0.29) is 5.97 Å². The van der Waals surface area contributed by atoms with Gasteiger partial charge in [-0.2, -0.15) is 0 Å². The van der Waals surface area contributed by atoms with Crippen LogP contribution in [0.1, 0.15) is 42.5 Å². The Kier molecular flexibility index (Phi) is 7.10. The lowest BCUT2D eigenvalue weighted by Gasteiger charge is -2.35. The minimum absolute atomic E-state index is 0.331. The van der Waals surface area contributed by atoms with Gasteiger partial charge in [-0.05, 0) is 37.0 Å². The van der Waals surface area contributed by atoms with Crippen molar-refractivity contribution in [2.24, 2.45) is 5.92 Å². The van der Waals surface area contributed by atoms with Crippen LogP contribution in [0.3, 0.4) is 0 Å². The summed E-state index contributed by atoms with van der Waals surface area (Å²) in [6.45, 7) is 4.77. The molecule has 1 amide bonds. The number of ether oxygens (including phenoxy) is 2. The molecule has 1 aliphatic carbocycles. The number of benzene rings is 1. The first-order valence-corrected chi connectivity index (χ1v) is 9.97. The fraction of sp³-hybridized carbons (Fsp3) is 0.619. The maximum absolute atomic E-state index is 12.4. The predicted octanol–water partition coefficient (Wildman–Crippen LogP) is 2.58. The van der Waals surface area contributed by atoms with Crippen LogP contribution in [0.4, 0.5) is 0 Å². The zero-order chi connectivity index (χ0) is 19.1. The molecular weight excluding hydrogens is 344 g/mol. The fourth-order valence-corrected chi connectivity index (χ4v) is 3.93. The molecule has 6 nitrogen and oxygen atoms in total. The largest absolute Gasteiger partial charge is 0.492 e. The summed E-state index contributed by atoms with van der Waals surface area (Å²) >= 11 is 0. The lowest BCUT2D eigenvalue weighted by molar-refractivity contribution is -0.134. The summed E-state index contributed by atoms with van der Waals surface area (Å²) in [5, 5.41) is 0. The van der Waals surface area contributed by atoms with Gasteiger partial charge in [-0.15, -0.1) is 0 Å². The number of hydrogen-bond donors (Lipinski definition) is 0. The Balaban J connectivity index is 1.36. The van der Waals surface area contributed by atoms with Gasteiger partial charge in [-0.1, -0.05) is 18.9 Å². The van der Waals surface area contributed by atoms with Gasteiger partial charge in [-0.3, -0.25) is 9.69 Å². The number of piperazine rings is 1. The molecule has 3 rings (SSSR count). The third kappa shape index (κ3) is 5.70. The van der Waals surface area contributed by atoms with Crippen LogP contribution in [-0.4, -0.2) is 68.1 Å². The van der Waals surface area contributed by atoms with E-state index < -0.39 is 0 Å². The minimum Gasteiger partial charge on any atom is -0.492 e. The summed E-state index contributed by atoms with van der Waals surface area (Å²) in [4.78, 5) is 28.3. The molecule has 2 aliphatic rings. The van der Waals surface area contributed by atoms with Crippen LogP contribution >= 0.6 is 0 Å². The Hall–Kier alpha value is -2.08. The molecule has 0 aromatic heterocycles. The van der Waals surface area contributed by atoms with E-state index in [0.717, 1.165) is 39.1 Å². The van der Waals surface area contributed by atoms with Gasteiger partial charge in [0.05, 0.1) is 12.7 Å². The van der Waals surface area contributed by atoms with Gasteiger partial charge in [0.1, 0.15) is 12.4 Å². The highest BCUT2D eigenvalue weighted by molar-refractivity contribution is 5.89. The van der Waals surface area contributed by atoms with Gasteiger partial charge in [-0.25, -0.2) is 4.79 Å². The normalized spacial score (nSPS) is 18.5. The highest BCUT2D eigenvalue weighted by atomic mass is 16.5. The Morgan fingerprint density at radius 3 is 2.56 bits per heavy atom. The van der Waals surface area contributed by atoms with Gasteiger partial charge < -0.3 is 14.4 Å². The zero-order valence-electron chi connectivity index (χ0n) is 16.2. The van der Waals surface area contributed by atoms with Gasteiger partial charge in [0.25, 0.3) is 0 Å². The Labute approximate surface area is 161 Å². The third-order valence-electron chi connectivity index (χ3n) is 5.59. The van der Waals surface area contributed by atoms with Crippen LogP contribution in [0, 0.1) is 5.92 Å². The molecule has 148 valence electrons. The van der Waals surface area contributed by atoms with Crippen LogP contribution in [0.25, 0.3) is 0 Å². The average molecular weight is 374 g/mol. The molecule has 1 saturated heterocycles. The van der Waals surface area contributed by atoms with Crippen molar-refractivity contribution in [2.45, 2.75) is 32.1 Å². The molecule has 1 aromatic rings. The molecular formula is C21H30N2O4. The molecule has 0 bridgehead atoms. The maximum Gasteiger partial charge on any atom is 0.337 e. The lowest BCUT2D eigenvalue weighted by Crippen LogP contribution is -2.49. The first kappa shape index (κ1) is 19.7. The summed E-state index contributed by atoms with van der Waals surface area (Å²) in [5.41, 5.74) is 0.490. The van der Waals surface area contributed by atoms with Crippen molar-refractivity contribution in [3.63, 3.8) is 0 Å². The van der Waals surface area contributed by atoms with Crippen molar-refractivity contribution in [3.05, 3.63) is 29.8 Å². The van der Waals surface area contributed by atoms with E-state index in [4.69, 9.17) is 9.47 Å². The molecule has 1 aliphatic heterocycles. The van der Waals surface area contributed by atoms with Crippen LogP contribution < -0.4 is 4.74 Å². The SMILES string of the molecule is COC(=O)c1cccc(OCCN2CCN(C(=O)CC3CCCC3)CC2)c1. The van der Waals surface area contributed by atoms with E-state index in [0.29, 0.717) is 29.7 Å². The van der Waals surface area contributed by atoms with E-state index in [1.807, 2.05) is 11.0 Å². The van der Waals surface area contributed by atoms with Gasteiger partial charge in [0, 0.05) is 39.1 Å². The smallest absolute Gasteiger partial charge is 0.337 e. The first-order valence-electron chi connectivity index (χ1n) is 9.97. The fourth-order valence-electron chi connectivity index (χ4n) is 3.93. The molecule has 0 radical (unpaired) electrons. The van der Waals surface area contributed by atoms with Crippen LogP contribution in [0.2, 0.25) is 0 Å². The van der Waals surface area contributed by atoms with Gasteiger partial charge in [0.15, 0.2) is 0 Å². The summed E-state index contributed by atoms with van der Waals surface area (Å²) in [7, 11) is 1.37. The third-order valence-corrected chi connectivity index (χ3v) is 5.59. The molecule has 0 atom stereocenters. The van der Waals surface area contributed by atoms with E-state index in [1.165, 1.54) is 32.8 Å². The second-order valence-electron chi connectivity index (χ2n) is 7.44. The Morgan fingerprint density at radius 1 is 1.11 bits per heavy atom. The summed E-state index contributed by atoms with van der Waals surface area (Å²) in [6.07, 6.45) is 5.75. The molecule has 0 spiro atoms. The van der Waals surface area contributed by atoms with E-state index in [9.17, 15) is 9.59 Å². The zero-order valence-corrected chi connectivity index (χ0v) is 16.2. The molecule has 1 aromatic carbocycles. The molecule has 1 heterocycles. The Bertz CT molecular complexity index is 635. The van der Waals surface area contributed by atoms with Crippen molar-refractivity contribution in [1.29, 1.82) is 0 Å². The maximum atomic E-state index is 12.4. The molecule has 0 N–H and O–H groups in total. The number of nitrogens with zero attached hydrogens (tertiary/aromatic N) is 2. The van der Waals surface area contributed by atoms with E-state index in [1.54, 1.807) is 18.2 Å². The van der Waals surface area contributed by atoms with Crippen molar-refractivity contribution in [3.8, 4) is 5.75 Å². The summed E-state index contributed by atoms with van der Waals surface area (Å²) in [6, 6.07) is 7.04. The predicted molar refractivity (Wildman–Crippen MR) is 103 cm³/mol. The number of esters is 1. The van der Waals surface area contributed by atoms with Crippen molar-refractivity contribution in [1.82, 2.24) is 9.80 Å². The van der Waals surface area contributed by atoms with Crippen molar-refractivity contribution < 1.29 is 19.1 Å². The number of amides is 1. The van der Waals surface area contributed by atoms with Crippen molar-refractivity contribution >= 4 is 11.9 Å². The number of carbonyl (C=O) groups excluding carboxylic acids is 2. The molecule has 0 unspecified atom stereocenters. The van der Waals surface area contributed by atoms with Gasteiger partial charge in [0.2, 0.25) is 5.91 Å². The standard InChI is InChI=1S/C21H30N2O4/c1-26-21(25)18-7-4-8-19(16-18)27-14-13-22-9-11-23(12-10-22)20(24)15-17-5-2-3-6-17/h4,7-8,16-17H,2-3,5-6,9-15H2,1H3.